The molecule has 28 heavy (non-hydrogen) atoms. The molecular weight excluding hydrogens is 378 g/mol. The molecular formula is C19H29N5O3S. The fourth-order valence-corrected chi connectivity index (χ4v) is 4.08. The van der Waals surface area contributed by atoms with Gasteiger partial charge < -0.3 is 5.32 Å². The summed E-state index contributed by atoms with van der Waals surface area (Å²) >= 11 is 0. The molecule has 0 saturated carbocycles. The van der Waals surface area contributed by atoms with E-state index in [1.165, 1.54) is 14.1 Å². The lowest BCUT2D eigenvalue weighted by Crippen LogP contribution is -2.46. The van der Waals surface area contributed by atoms with Crippen LogP contribution in [0.1, 0.15) is 23.9 Å². The van der Waals surface area contributed by atoms with Gasteiger partial charge in [0.15, 0.2) is 0 Å². The van der Waals surface area contributed by atoms with Gasteiger partial charge in [0.25, 0.3) is 0 Å². The molecule has 0 atom stereocenters. The molecule has 8 nitrogen and oxygen atoms in total. The van der Waals surface area contributed by atoms with Crippen molar-refractivity contribution in [1.29, 1.82) is 0 Å². The Balaban J connectivity index is 2.06. The van der Waals surface area contributed by atoms with Crippen LogP contribution in [0.4, 0.5) is 5.69 Å². The number of aryl methyl sites for hydroxylation is 2. The van der Waals surface area contributed by atoms with Crippen LogP contribution in [0.15, 0.2) is 30.3 Å². The monoisotopic (exact) mass is 407 g/mol. The van der Waals surface area contributed by atoms with Gasteiger partial charge >= 0.3 is 10.2 Å². The number of benzene rings is 1. The summed E-state index contributed by atoms with van der Waals surface area (Å²) in [7, 11) is -0.896. The molecule has 0 unspecified atom stereocenters. The van der Waals surface area contributed by atoms with Gasteiger partial charge in [-0.05, 0) is 44.9 Å². The van der Waals surface area contributed by atoms with E-state index in [0.717, 1.165) is 32.1 Å². The van der Waals surface area contributed by atoms with Crippen molar-refractivity contribution in [3.8, 4) is 0 Å². The summed E-state index contributed by atoms with van der Waals surface area (Å²) in [5.41, 5.74) is 3.61. The number of anilines is 1. The molecule has 1 aromatic carbocycles. The van der Waals surface area contributed by atoms with Gasteiger partial charge in [0.1, 0.15) is 6.54 Å². The van der Waals surface area contributed by atoms with E-state index in [1.54, 1.807) is 30.3 Å². The van der Waals surface area contributed by atoms with Gasteiger partial charge in [-0.1, -0.05) is 18.2 Å². The van der Waals surface area contributed by atoms with Crippen LogP contribution in [0.5, 0.6) is 0 Å². The minimum Gasteiger partial charge on any atom is -0.354 e. The molecule has 2 aromatic rings. The SMILES string of the molecule is CCn1nc(C)c(CCNC(=O)CN(c2ccccc2)S(=O)(=O)N(C)C)c1C. The van der Waals surface area contributed by atoms with Crippen LogP contribution in [0, 0.1) is 13.8 Å². The maximum Gasteiger partial charge on any atom is 0.304 e. The Bertz CT molecular complexity index is 907. The van der Waals surface area contributed by atoms with Crippen molar-refractivity contribution in [3.05, 3.63) is 47.3 Å². The highest BCUT2D eigenvalue weighted by molar-refractivity contribution is 7.90. The van der Waals surface area contributed by atoms with Crippen LogP contribution in [0.25, 0.3) is 0 Å². The lowest BCUT2D eigenvalue weighted by molar-refractivity contribution is -0.119. The summed E-state index contributed by atoms with van der Waals surface area (Å²) in [5.74, 6) is -0.354. The first-order valence-electron chi connectivity index (χ1n) is 9.23. The van der Waals surface area contributed by atoms with E-state index in [4.69, 9.17) is 0 Å². The summed E-state index contributed by atoms with van der Waals surface area (Å²) in [6.45, 7) is 6.94. The number of carbonyl (C=O) groups excluding carboxylic acids is 1. The van der Waals surface area contributed by atoms with Gasteiger partial charge in [0.2, 0.25) is 5.91 Å². The molecule has 2 rings (SSSR count). The molecule has 0 radical (unpaired) electrons. The molecule has 0 bridgehead atoms. The van der Waals surface area contributed by atoms with Crippen molar-refractivity contribution >= 4 is 21.8 Å². The largest absolute Gasteiger partial charge is 0.354 e. The van der Waals surface area contributed by atoms with E-state index >= 15 is 0 Å². The van der Waals surface area contributed by atoms with Crippen molar-refractivity contribution < 1.29 is 13.2 Å². The van der Waals surface area contributed by atoms with Crippen LogP contribution in [-0.2, 0) is 28.0 Å². The van der Waals surface area contributed by atoms with Gasteiger partial charge in [0.05, 0.1) is 11.4 Å². The fourth-order valence-electron chi connectivity index (χ4n) is 3.01. The quantitative estimate of drug-likeness (QED) is 0.682. The summed E-state index contributed by atoms with van der Waals surface area (Å²) in [5, 5.41) is 7.30. The summed E-state index contributed by atoms with van der Waals surface area (Å²) in [6, 6.07) is 8.61. The first kappa shape index (κ1) is 21.9. The molecule has 0 fully saturated rings. The number of nitrogens with zero attached hydrogens (tertiary/aromatic N) is 4. The number of carbonyl (C=O) groups is 1. The third-order valence-corrected chi connectivity index (χ3v) is 6.42. The van der Waals surface area contributed by atoms with Crippen molar-refractivity contribution in [2.45, 2.75) is 33.7 Å². The summed E-state index contributed by atoms with van der Waals surface area (Å²) in [6.07, 6.45) is 0.648. The zero-order valence-electron chi connectivity index (χ0n) is 17.1. The van der Waals surface area contributed by atoms with E-state index in [-0.39, 0.29) is 12.5 Å². The third kappa shape index (κ3) is 4.90. The lowest BCUT2D eigenvalue weighted by Gasteiger charge is -2.26. The molecule has 9 heteroatoms. The van der Waals surface area contributed by atoms with Crippen molar-refractivity contribution in [2.24, 2.45) is 0 Å². The van der Waals surface area contributed by atoms with Crippen LogP contribution < -0.4 is 9.62 Å². The zero-order chi connectivity index (χ0) is 20.9. The average molecular weight is 408 g/mol. The van der Waals surface area contributed by atoms with E-state index in [1.807, 2.05) is 25.5 Å². The van der Waals surface area contributed by atoms with Gasteiger partial charge in [-0.2, -0.15) is 17.8 Å². The van der Waals surface area contributed by atoms with Gasteiger partial charge in [0, 0.05) is 32.9 Å². The number of rotatable bonds is 9. The highest BCUT2D eigenvalue weighted by Crippen LogP contribution is 2.18. The molecule has 1 heterocycles. The topological polar surface area (TPSA) is 87.5 Å². The molecule has 0 aliphatic rings. The van der Waals surface area contributed by atoms with Crippen LogP contribution in [-0.4, -0.2) is 55.6 Å². The average Bonchev–Trinajstić information content (AvgIpc) is 2.94. The Kier molecular flexibility index (Phi) is 7.20. The van der Waals surface area contributed by atoms with E-state index < -0.39 is 10.2 Å². The molecule has 1 amide bonds. The number of hydrogen-bond donors (Lipinski definition) is 1. The first-order valence-corrected chi connectivity index (χ1v) is 10.6. The molecule has 0 aliphatic heterocycles. The Hall–Kier alpha value is -2.39. The van der Waals surface area contributed by atoms with Gasteiger partial charge in [-0.3, -0.25) is 9.48 Å². The van der Waals surface area contributed by atoms with E-state index in [0.29, 0.717) is 18.7 Å². The second-order valence-electron chi connectivity index (χ2n) is 6.70. The number of para-hydroxylation sites is 1. The molecule has 154 valence electrons. The molecule has 0 saturated heterocycles. The number of nitrogens with one attached hydrogen (secondary N) is 1. The number of amides is 1. The van der Waals surface area contributed by atoms with Crippen molar-refractivity contribution in [1.82, 2.24) is 19.4 Å². The molecule has 0 aliphatic carbocycles. The highest BCUT2D eigenvalue weighted by Gasteiger charge is 2.27. The minimum absolute atomic E-state index is 0.281. The minimum atomic E-state index is -3.79. The fraction of sp³-hybridized carbons (Fsp3) is 0.474. The second-order valence-corrected chi connectivity index (χ2v) is 8.76. The predicted octanol–water partition coefficient (Wildman–Crippen LogP) is 1.49. The number of aromatic nitrogens is 2. The Morgan fingerprint density at radius 1 is 1.18 bits per heavy atom. The maximum atomic E-state index is 12.6. The van der Waals surface area contributed by atoms with Crippen molar-refractivity contribution in [2.75, 3.05) is 31.5 Å². The Morgan fingerprint density at radius 3 is 2.36 bits per heavy atom. The molecule has 1 N–H and O–H groups in total. The van der Waals surface area contributed by atoms with Gasteiger partial charge in [-0.25, -0.2) is 4.31 Å². The standard InChI is InChI=1S/C19H29N5O3S/c1-6-23-16(3)18(15(2)21-23)12-13-20-19(25)14-24(28(26,27)22(4)5)17-10-8-7-9-11-17/h7-11H,6,12-14H2,1-5H3,(H,20,25). The maximum absolute atomic E-state index is 12.6. The zero-order valence-corrected chi connectivity index (χ0v) is 18.0. The van der Waals surface area contributed by atoms with Crippen LogP contribution >= 0.6 is 0 Å². The summed E-state index contributed by atoms with van der Waals surface area (Å²) in [4.78, 5) is 12.5. The highest BCUT2D eigenvalue weighted by atomic mass is 32.2. The lowest BCUT2D eigenvalue weighted by atomic mass is 10.1. The van der Waals surface area contributed by atoms with E-state index in [9.17, 15) is 13.2 Å². The summed E-state index contributed by atoms with van der Waals surface area (Å²) < 4.78 is 29.4. The molecule has 1 aromatic heterocycles. The van der Waals surface area contributed by atoms with Crippen LogP contribution in [0.3, 0.4) is 0 Å². The number of hydrogen-bond acceptors (Lipinski definition) is 4. The second kappa shape index (κ2) is 9.20. The smallest absolute Gasteiger partial charge is 0.304 e. The van der Waals surface area contributed by atoms with Gasteiger partial charge in [-0.15, -0.1) is 0 Å². The Morgan fingerprint density at radius 2 is 1.82 bits per heavy atom. The normalized spacial score (nSPS) is 11.6. The van der Waals surface area contributed by atoms with Crippen LogP contribution in [0.2, 0.25) is 0 Å². The van der Waals surface area contributed by atoms with E-state index in [2.05, 4.69) is 10.4 Å². The molecule has 0 spiro atoms. The first-order chi connectivity index (χ1) is 13.2. The third-order valence-electron chi connectivity index (χ3n) is 4.60. The predicted molar refractivity (Wildman–Crippen MR) is 110 cm³/mol. The van der Waals surface area contributed by atoms with Crippen molar-refractivity contribution in [3.63, 3.8) is 0 Å². The Labute approximate surface area is 167 Å².